The third-order valence-corrected chi connectivity index (χ3v) is 9.28. The molecule has 42 heavy (non-hydrogen) atoms. The van der Waals surface area contributed by atoms with Crippen molar-refractivity contribution in [2.45, 2.75) is 17.3 Å². The van der Waals surface area contributed by atoms with Crippen LogP contribution >= 0.6 is 34.7 Å². The number of rotatable bonds is 9. The molecular formula is C31H29ClN6O2S2. The number of carbonyl (C=O) groups excluding carboxylic acids is 1. The first-order valence-corrected chi connectivity index (χ1v) is 15.8. The molecular weight excluding hydrogens is 588 g/mol. The van der Waals surface area contributed by atoms with Gasteiger partial charge in [0.1, 0.15) is 22.3 Å². The Hall–Kier alpha value is -3.86. The lowest BCUT2D eigenvalue weighted by molar-refractivity contribution is 0.0741. The van der Waals surface area contributed by atoms with Crippen molar-refractivity contribution in [3.63, 3.8) is 0 Å². The van der Waals surface area contributed by atoms with Crippen LogP contribution in [0, 0.1) is 0 Å². The molecule has 1 fully saturated rings. The number of anilines is 1. The van der Waals surface area contributed by atoms with Crippen molar-refractivity contribution in [3.8, 4) is 11.4 Å². The smallest absolute Gasteiger partial charge is 0.273 e. The number of carbonyl (C=O) groups is 1. The van der Waals surface area contributed by atoms with E-state index in [1.165, 1.54) is 11.3 Å². The summed E-state index contributed by atoms with van der Waals surface area (Å²) in [7, 11) is 1.66. The van der Waals surface area contributed by atoms with Gasteiger partial charge in [0.05, 0.1) is 18.6 Å². The van der Waals surface area contributed by atoms with Crippen molar-refractivity contribution in [3.05, 3.63) is 111 Å². The average molecular weight is 617 g/mol. The van der Waals surface area contributed by atoms with E-state index in [0.717, 1.165) is 51.8 Å². The highest BCUT2D eigenvalue weighted by Crippen LogP contribution is 2.29. The molecule has 1 aliphatic rings. The molecule has 0 radical (unpaired) electrons. The third kappa shape index (κ3) is 6.46. The first kappa shape index (κ1) is 28.3. The number of thioether (sulfide) groups is 1. The van der Waals surface area contributed by atoms with Gasteiger partial charge in [-0.1, -0.05) is 59.8 Å². The largest absolute Gasteiger partial charge is 0.497 e. The van der Waals surface area contributed by atoms with Gasteiger partial charge in [-0.15, -0.1) is 21.5 Å². The van der Waals surface area contributed by atoms with Crippen molar-refractivity contribution in [1.29, 1.82) is 0 Å². The second kappa shape index (κ2) is 13.0. The molecule has 214 valence electrons. The Bertz CT molecular complexity index is 1650. The molecule has 0 bridgehead atoms. The summed E-state index contributed by atoms with van der Waals surface area (Å²) in [4.78, 5) is 22.1. The van der Waals surface area contributed by atoms with Gasteiger partial charge in [0, 0.05) is 48.7 Å². The van der Waals surface area contributed by atoms with Crippen molar-refractivity contribution in [1.82, 2.24) is 24.6 Å². The van der Waals surface area contributed by atoms with Crippen LogP contribution in [0.15, 0.2) is 89.4 Å². The molecule has 0 unspecified atom stereocenters. The predicted molar refractivity (Wildman–Crippen MR) is 168 cm³/mol. The Kier molecular flexibility index (Phi) is 8.73. The summed E-state index contributed by atoms with van der Waals surface area (Å²) >= 11 is 9.38. The molecule has 5 aromatic rings. The predicted octanol–water partition coefficient (Wildman–Crippen LogP) is 6.23. The molecule has 0 saturated carbocycles. The maximum atomic E-state index is 13.3. The number of piperazine rings is 1. The zero-order valence-electron chi connectivity index (χ0n) is 23.0. The Morgan fingerprint density at radius 3 is 2.48 bits per heavy atom. The van der Waals surface area contributed by atoms with Crippen molar-refractivity contribution in [2.24, 2.45) is 0 Å². The Balaban J connectivity index is 1.11. The summed E-state index contributed by atoms with van der Waals surface area (Å²) < 4.78 is 7.31. The van der Waals surface area contributed by atoms with Crippen LogP contribution in [-0.2, 0) is 12.2 Å². The molecule has 11 heteroatoms. The number of nitrogens with zero attached hydrogens (tertiary/aromatic N) is 6. The van der Waals surface area contributed by atoms with E-state index in [1.54, 1.807) is 18.9 Å². The lowest BCUT2D eigenvalue weighted by atomic mass is 10.1. The number of thiazole rings is 1. The standard InChI is InChI=1S/C31H29ClN6O2S2/c1-40-26-12-10-24(11-13-26)36-14-16-37(17-15-36)30(39)27-20-41-29(33-27)21-42-31-35-34-28(18-22-6-3-2-4-7-22)38(31)25-9-5-8-23(32)19-25/h2-13,19-20H,14-18,21H2,1H3. The Morgan fingerprint density at radius 2 is 1.74 bits per heavy atom. The summed E-state index contributed by atoms with van der Waals surface area (Å²) in [5, 5.41) is 13.2. The molecule has 2 aromatic heterocycles. The number of methoxy groups -OCH3 is 1. The number of benzene rings is 3. The minimum absolute atomic E-state index is 0.0240. The van der Waals surface area contributed by atoms with Crippen molar-refractivity contribution >= 4 is 46.3 Å². The lowest BCUT2D eigenvalue weighted by Crippen LogP contribution is -2.48. The van der Waals surface area contributed by atoms with E-state index in [2.05, 4.69) is 44.3 Å². The molecule has 1 saturated heterocycles. The van der Waals surface area contributed by atoms with Gasteiger partial charge in [-0.05, 0) is 48.0 Å². The van der Waals surface area contributed by atoms with Gasteiger partial charge < -0.3 is 14.5 Å². The van der Waals surface area contributed by atoms with Crippen LogP contribution in [0.3, 0.4) is 0 Å². The molecule has 6 rings (SSSR count). The van der Waals surface area contributed by atoms with Gasteiger partial charge in [0.25, 0.3) is 5.91 Å². The molecule has 3 heterocycles. The highest BCUT2D eigenvalue weighted by molar-refractivity contribution is 7.98. The second-order valence-electron chi connectivity index (χ2n) is 9.77. The van der Waals surface area contributed by atoms with Crippen LogP contribution < -0.4 is 9.64 Å². The first-order chi connectivity index (χ1) is 20.6. The lowest BCUT2D eigenvalue weighted by Gasteiger charge is -2.35. The van der Waals surface area contributed by atoms with Crippen LogP contribution in [0.5, 0.6) is 5.75 Å². The number of halogens is 1. The van der Waals surface area contributed by atoms with Crippen molar-refractivity contribution < 1.29 is 9.53 Å². The zero-order chi connectivity index (χ0) is 28.9. The number of amides is 1. The molecule has 0 atom stereocenters. The summed E-state index contributed by atoms with van der Waals surface area (Å²) in [5.41, 5.74) is 3.69. The van der Waals surface area contributed by atoms with Crippen LogP contribution in [0.2, 0.25) is 5.02 Å². The third-order valence-electron chi connectivity index (χ3n) is 7.07. The second-order valence-corrected chi connectivity index (χ2v) is 12.1. The maximum Gasteiger partial charge on any atom is 0.273 e. The fourth-order valence-corrected chi connectivity index (χ4v) is 6.83. The number of hydrogen-bond donors (Lipinski definition) is 0. The molecule has 0 spiro atoms. The SMILES string of the molecule is COc1ccc(N2CCN(C(=O)c3csc(CSc4nnc(Cc5ccccc5)n4-c4cccc(Cl)c4)n3)CC2)cc1. The quantitative estimate of drug-likeness (QED) is 0.182. The summed E-state index contributed by atoms with van der Waals surface area (Å²) in [5.74, 6) is 2.22. The molecule has 0 N–H and O–H groups in total. The highest BCUT2D eigenvalue weighted by atomic mass is 35.5. The summed E-state index contributed by atoms with van der Waals surface area (Å²) in [6.07, 6.45) is 0.641. The minimum Gasteiger partial charge on any atom is -0.497 e. The van der Waals surface area contributed by atoms with E-state index < -0.39 is 0 Å². The Labute approximate surface area is 257 Å². The van der Waals surface area contributed by atoms with Crippen LogP contribution in [0.25, 0.3) is 5.69 Å². The molecule has 1 aliphatic heterocycles. The van der Waals surface area contributed by atoms with Crippen LogP contribution in [0.1, 0.15) is 26.9 Å². The van der Waals surface area contributed by atoms with E-state index in [-0.39, 0.29) is 5.91 Å². The maximum absolute atomic E-state index is 13.3. The van der Waals surface area contributed by atoms with Gasteiger partial charge >= 0.3 is 0 Å². The van der Waals surface area contributed by atoms with Crippen LogP contribution in [0.4, 0.5) is 5.69 Å². The Morgan fingerprint density at radius 1 is 0.952 bits per heavy atom. The van der Waals surface area contributed by atoms with Crippen LogP contribution in [-0.4, -0.2) is 63.8 Å². The van der Waals surface area contributed by atoms with Gasteiger partial charge in [-0.2, -0.15) is 0 Å². The topological polar surface area (TPSA) is 76.4 Å². The molecule has 1 amide bonds. The monoisotopic (exact) mass is 616 g/mol. The van der Waals surface area contributed by atoms with Gasteiger partial charge in [0.2, 0.25) is 0 Å². The van der Waals surface area contributed by atoms with E-state index in [4.69, 9.17) is 16.3 Å². The van der Waals surface area contributed by atoms with E-state index in [1.807, 2.05) is 69.4 Å². The van der Waals surface area contributed by atoms with E-state index in [9.17, 15) is 4.79 Å². The summed E-state index contributed by atoms with van der Waals surface area (Å²) in [6.45, 7) is 2.85. The molecule has 0 aliphatic carbocycles. The summed E-state index contributed by atoms with van der Waals surface area (Å²) in [6, 6.07) is 25.9. The van der Waals surface area contributed by atoms with Gasteiger partial charge in [-0.25, -0.2) is 4.98 Å². The van der Waals surface area contributed by atoms with E-state index in [0.29, 0.717) is 36.0 Å². The van der Waals surface area contributed by atoms with Crippen molar-refractivity contribution in [2.75, 3.05) is 38.2 Å². The average Bonchev–Trinajstić information content (AvgIpc) is 3.67. The van der Waals surface area contributed by atoms with Gasteiger partial charge in [-0.3, -0.25) is 9.36 Å². The molecule has 8 nitrogen and oxygen atoms in total. The fourth-order valence-electron chi connectivity index (χ4n) is 4.89. The zero-order valence-corrected chi connectivity index (χ0v) is 25.4. The number of ether oxygens (including phenoxy) is 1. The molecule has 3 aromatic carbocycles. The normalized spacial score (nSPS) is 13.4. The van der Waals surface area contributed by atoms with Gasteiger partial charge in [0.15, 0.2) is 5.16 Å². The highest BCUT2D eigenvalue weighted by Gasteiger charge is 2.24. The van der Waals surface area contributed by atoms with E-state index >= 15 is 0 Å². The minimum atomic E-state index is -0.0240. The fraction of sp³-hybridized carbons (Fsp3) is 0.226. The number of hydrogen-bond acceptors (Lipinski definition) is 8. The first-order valence-electron chi connectivity index (χ1n) is 13.6. The number of aromatic nitrogens is 4.